The highest BCUT2D eigenvalue weighted by Gasteiger charge is 2.26. The summed E-state index contributed by atoms with van der Waals surface area (Å²) in [4.78, 5) is 15.4. The van der Waals surface area contributed by atoms with Crippen LogP contribution in [0.15, 0.2) is 48.7 Å². The number of nitrogens with zero attached hydrogens (tertiary/aromatic N) is 2. The zero-order chi connectivity index (χ0) is 19.8. The third-order valence-corrected chi connectivity index (χ3v) is 6.80. The lowest BCUT2D eigenvalue weighted by Gasteiger charge is -2.36. The van der Waals surface area contributed by atoms with Crippen LogP contribution in [0.25, 0.3) is 10.9 Å². The normalized spacial score (nSPS) is 17.6. The highest BCUT2D eigenvalue weighted by Crippen LogP contribution is 2.27. The lowest BCUT2D eigenvalue weighted by atomic mass is 9.91. The summed E-state index contributed by atoms with van der Waals surface area (Å²) in [6, 6.07) is 15.6. The van der Waals surface area contributed by atoms with Crippen molar-refractivity contribution >= 4 is 16.8 Å². The SMILES string of the molecule is Cn1ccc2cc(CNC(=O)c3ccc4c(c3)CCN(C3CCC3)CC4)ccc21. The van der Waals surface area contributed by atoms with Crippen LogP contribution < -0.4 is 5.32 Å². The first kappa shape index (κ1) is 18.4. The molecule has 1 N–H and O–H groups in total. The lowest BCUT2D eigenvalue weighted by molar-refractivity contribution is 0.0951. The number of hydrogen-bond acceptors (Lipinski definition) is 2. The van der Waals surface area contributed by atoms with Gasteiger partial charge in [-0.05, 0) is 78.1 Å². The largest absolute Gasteiger partial charge is 0.351 e. The molecular formula is C25H29N3O. The summed E-state index contributed by atoms with van der Waals surface area (Å²) in [5.74, 6) is 0.0149. The second-order valence-corrected chi connectivity index (χ2v) is 8.61. The lowest BCUT2D eigenvalue weighted by Crippen LogP contribution is -2.41. The first-order valence-electron chi connectivity index (χ1n) is 10.9. The van der Waals surface area contributed by atoms with Crippen LogP contribution in [0.3, 0.4) is 0 Å². The predicted octanol–water partition coefficient (Wildman–Crippen LogP) is 4.06. The smallest absolute Gasteiger partial charge is 0.251 e. The number of aryl methyl sites for hydroxylation is 1. The van der Waals surface area contributed by atoms with Crippen LogP contribution in [-0.2, 0) is 26.4 Å². The Hall–Kier alpha value is -2.59. The fourth-order valence-electron chi connectivity index (χ4n) is 4.73. The minimum atomic E-state index is 0.0149. The van der Waals surface area contributed by atoms with Crippen LogP contribution in [0.4, 0.5) is 0 Å². The fraction of sp³-hybridized carbons (Fsp3) is 0.400. The Bertz CT molecular complexity index is 1050. The van der Waals surface area contributed by atoms with Gasteiger partial charge in [0.15, 0.2) is 0 Å². The number of nitrogens with one attached hydrogen (secondary N) is 1. The molecule has 2 aliphatic rings. The van der Waals surface area contributed by atoms with E-state index in [2.05, 4.69) is 57.4 Å². The molecule has 0 spiro atoms. The van der Waals surface area contributed by atoms with E-state index in [9.17, 15) is 4.79 Å². The van der Waals surface area contributed by atoms with Crippen LogP contribution >= 0.6 is 0 Å². The molecule has 1 aliphatic carbocycles. The van der Waals surface area contributed by atoms with Gasteiger partial charge in [-0.15, -0.1) is 0 Å². The van der Waals surface area contributed by atoms with Crippen molar-refractivity contribution in [3.05, 3.63) is 70.9 Å². The summed E-state index contributed by atoms with van der Waals surface area (Å²) < 4.78 is 2.11. The monoisotopic (exact) mass is 387 g/mol. The molecule has 1 aromatic heterocycles. The molecule has 4 nitrogen and oxygen atoms in total. The van der Waals surface area contributed by atoms with E-state index >= 15 is 0 Å². The maximum absolute atomic E-state index is 12.8. The molecule has 29 heavy (non-hydrogen) atoms. The van der Waals surface area contributed by atoms with Gasteiger partial charge in [0.25, 0.3) is 5.91 Å². The van der Waals surface area contributed by atoms with E-state index in [0.717, 1.165) is 43.1 Å². The van der Waals surface area contributed by atoms with Crippen LogP contribution in [0.5, 0.6) is 0 Å². The van der Waals surface area contributed by atoms with Crippen molar-refractivity contribution in [3.8, 4) is 0 Å². The van der Waals surface area contributed by atoms with Gasteiger partial charge in [0.05, 0.1) is 0 Å². The van der Waals surface area contributed by atoms with Gasteiger partial charge in [-0.1, -0.05) is 18.6 Å². The van der Waals surface area contributed by atoms with E-state index in [1.54, 1.807) is 0 Å². The molecule has 0 atom stereocenters. The Morgan fingerprint density at radius 3 is 2.66 bits per heavy atom. The average molecular weight is 388 g/mol. The van der Waals surface area contributed by atoms with E-state index in [4.69, 9.17) is 0 Å². The van der Waals surface area contributed by atoms with E-state index in [0.29, 0.717) is 6.54 Å². The minimum Gasteiger partial charge on any atom is -0.351 e. The average Bonchev–Trinajstić information content (AvgIpc) is 2.94. The molecule has 150 valence electrons. The molecule has 4 heteroatoms. The zero-order valence-corrected chi connectivity index (χ0v) is 17.2. The molecule has 1 fully saturated rings. The number of aromatic nitrogens is 1. The van der Waals surface area contributed by atoms with Crippen LogP contribution in [0, 0.1) is 0 Å². The van der Waals surface area contributed by atoms with Crippen molar-refractivity contribution in [2.45, 2.75) is 44.7 Å². The molecule has 1 aliphatic heterocycles. The maximum Gasteiger partial charge on any atom is 0.251 e. The third kappa shape index (κ3) is 3.69. The first-order valence-corrected chi connectivity index (χ1v) is 10.9. The van der Waals surface area contributed by atoms with Crippen molar-refractivity contribution in [3.63, 3.8) is 0 Å². The van der Waals surface area contributed by atoms with Crippen molar-refractivity contribution in [1.29, 1.82) is 0 Å². The topological polar surface area (TPSA) is 37.3 Å². The van der Waals surface area contributed by atoms with Crippen molar-refractivity contribution in [2.24, 2.45) is 7.05 Å². The molecule has 0 saturated heterocycles. The Morgan fingerprint density at radius 1 is 1.03 bits per heavy atom. The molecule has 1 amide bonds. The Kier molecular flexibility index (Phi) is 4.88. The summed E-state index contributed by atoms with van der Waals surface area (Å²) in [5, 5.41) is 4.31. The molecule has 2 heterocycles. The number of carbonyl (C=O) groups is 1. The molecule has 0 unspecified atom stereocenters. The molecular weight excluding hydrogens is 358 g/mol. The highest BCUT2D eigenvalue weighted by molar-refractivity contribution is 5.94. The Morgan fingerprint density at radius 2 is 1.86 bits per heavy atom. The Labute approximate surface area is 172 Å². The molecule has 0 bridgehead atoms. The predicted molar refractivity (Wildman–Crippen MR) is 117 cm³/mol. The van der Waals surface area contributed by atoms with E-state index in [1.165, 1.54) is 41.3 Å². The Balaban J connectivity index is 1.25. The summed E-state index contributed by atoms with van der Waals surface area (Å²) >= 11 is 0. The maximum atomic E-state index is 12.8. The van der Waals surface area contributed by atoms with E-state index in [1.807, 2.05) is 13.1 Å². The van der Waals surface area contributed by atoms with Gasteiger partial charge < -0.3 is 9.88 Å². The van der Waals surface area contributed by atoms with E-state index < -0.39 is 0 Å². The number of carbonyl (C=O) groups excluding carboxylic acids is 1. The summed E-state index contributed by atoms with van der Waals surface area (Å²) in [6.07, 6.45) is 8.32. The second-order valence-electron chi connectivity index (χ2n) is 8.61. The summed E-state index contributed by atoms with van der Waals surface area (Å²) in [5.41, 5.74) is 5.88. The van der Waals surface area contributed by atoms with Crippen molar-refractivity contribution in [2.75, 3.05) is 13.1 Å². The van der Waals surface area contributed by atoms with Gasteiger partial charge in [-0.25, -0.2) is 0 Å². The molecule has 2 aromatic carbocycles. The van der Waals surface area contributed by atoms with Gasteiger partial charge in [0.1, 0.15) is 0 Å². The number of fused-ring (bicyclic) bond motifs is 2. The molecule has 1 saturated carbocycles. The quantitative estimate of drug-likeness (QED) is 0.733. The van der Waals surface area contributed by atoms with Gasteiger partial charge in [-0.3, -0.25) is 9.69 Å². The van der Waals surface area contributed by atoms with Crippen molar-refractivity contribution < 1.29 is 4.79 Å². The molecule has 5 rings (SSSR count). The molecule has 0 radical (unpaired) electrons. The number of amides is 1. The van der Waals surface area contributed by atoms with Gasteiger partial charge in [0.2, 0.25) is 0 Å². The van der Waals surface area contributed by atoms with Crippen molar-refractivity contribution in [1.82, 2.24) is 14.8 Å². The van der Waals surface area contributed by atoms with Gasteiger partial charge >= 0.3 is 0 Å². The standard InChI is InChI=1S/C25H29N3O/c1-27-12-9-21-15-18(5-8-24(21)27)17-26-25(29)22-7-6-19-10-13-28(23-3-2-4-23)14-11-20(19)16-22/h5-9,12,15-16,23H,2-4,10-11,13-14,17H2,1H3,(H,26,29). The fourth-order valence-corrected chi connectivity index (χ4v) is 4.73. The number of benzene rings is 2. The highest BCUT2D eigenvalue weighted by atomic mass is 16.1. The van der Waals surface area contributed by atoms with Crippen LogP contribution in [0.2, 0.25) is 0 Å². The van der Waals surface area contributed by atoms with Gasteiger partial charge in [0, 0.05) is 50.0 Å². The molecule has 3 aromatic rings. The van der Waals surface area contributed by atoms with Crippen LogP contribution in [0.1, 0.15) is 46.3 Å². The minimum absolute atomic E-state index is 0.0149. The first-order chi connectivity index (χ1) is 14.2. The zero-order valence-electron chi connectivity index (χ0n) is 17.2. The number of hydrogen-bond donors (Lipinski definition) is 1. The second kappa shape index (κ2) is 7.68. The number of rotatable bonds is 4. The van der Waals surface area contributed by atoms with E-state index in [-0.39, 0.29) is 5.91 Å². The van der Waals surface area contributed by atoms with Gasteiger partial charge in [-0.2, -0.15) is 0 Å². The van der Waals surface area contributed by atoms with Crippen LogP contribution in [-0.4, -0.2) is 34.5 Å². The third-order valence-electron chi connectivity index (χ3n) is 6.80. The summed E-state index contributed by atoms with van der Waals surface area (Å²) in [7, 11) is 2.05. The summed E-state index contributed by atoms with van der Waals surface area (Å²) in [6.45, 7) is 2.83.